The average Bonchev–Trinajstić information content (AvgIpc) is 2.73. The van der Waals surface area contributed by atoms with Crippen LogP contribution in [0.15, 0.2) is 59.7 Å². The third kappa shape index (κ3) is 4.58. The van der Waals surface area contributed by atoms with Gasteiger partial charge in [-0.15, -0.1) is 0 Å². The van der Waals surface area contributed by atoms with Crippen LogP contribution in [0.25, 0.3) is 5.65 Å². The van der Waals surface area contributed by atoms with E-state index in [1.54, 1.807) is 24.4 Å². The SMILES string of the molecule is CC1CN(Cc2ccc(CNC(=O)c3cnc4ccccn4c3=O)cc2)CC(C)O1. The molecule has 0 aliphatic carbocycles. The first-order valence-corrected chi connectivity index (χ1v) is 10.2. The van der Waals surface area contributed by atoms with Crippen LogP contribution in [0.3, 0.4) is 0 Å². The normalized spacial score (nSPS) is 19.7. The van der Waals surface area contributed by atoms with Gasteiger partial charge in [-0.25, -0.2) is 4.98 Å². The molecular formula is C23H26N4O3. The molecule has 0 saturated carbocycles. The van der Waals surface area contributed by atoms with Gasteiger partial charge in [-0.05, 0) is 37.1 Å². The summed E-state index contributed by atoms with van der Waals surface area (Å²) in [4.78, 5) is 31.6. The molecule has 1 N–H and O–H groups in total. The van der Waals surface area contributed by atoms with E-state index < -0.39 is 5.91 Å². The predicted octanol–water partition coefficient (Wildman–Crippen LogP) is 2.23. The Morgan fingerprint density at radius 3 is 2.53 bits per heavy atom. The monoisotopic (exact) mass is 406 g/mol. The lowest BCUT2D eigenvalue weighted by atomic mass is 10.1. The van der Waals surface area contributed by atoms with E-state index in [2.05, 4.69) is 41.2 Å². The minimum absolute atomic E-state index is 0.0332. The summed E-state index contributed by atoms with van der Waals surface area (Å²) < 4.78 is 7.16. The second kappa shape index (κ2) is 8.77. The van der Waals surface area contributed by atoms with Gasteiger partial charge in [0.25, 0.3) is 11.5 Å². The molecule has 2 atom stereocenters. The topological polar surface area (TPSA) is 75.9 Å². The van der Waals surface area contributed by atoms with E-state index in [9.17, 15) is 9.59 Å². The van der Waals surface area contributed by atoms with Crippen molar-refractivity contribution in [2.75, 3.05) is 13.1 Å². The average molecular weight is 406 g/mol. The number of morpholine rings is 1. The molecule has 1 aliphatic rings. The van der Waals surface area contributed by atoms with Crippen molar-refractivity contribution >= 4 is 11.6 Å². The van der Waals surface area contributed by atoms with E-state index in [0.717, 1.165) is 25.2 Å². The van der Waals surface area contributed by atoms with E-state index in [1.165, 1.54) is 16.2 Å². The number of amides is 1. The second-order valence-corrected chi connectivity index (χ2v) is 7.86. The summed E-state index contributed by atoms with van der Waals surface area (Å²) in [7, 11) is 0. The molecule has 4 rings (SSSR count). The number of nitrogens with one attached hydrogen (secondary N) is 1. The zero-order chi connectivity index (χ0) is 21.1. The van der Waals surface area contributed by atoms with Crippen molar-refractivity contribution in [2.45, 2.75) is 39.1 Å². The lowest BCUT2D eigenvalue weighted by Gasteiger charge is -2.35. The lowest BCUT2D eigenvalue weighted by Crippen LogP contribution is -2.44. The van der Waals surface area contributed by atoms with E-state index in [1.807, 2.05) is 12.1 Å². The first-order chi connectivity index (χ1) is 14.5. The molecule has 0 spiro atoms. The van der Waals surface area contributed by atoms with Crippen LogP contribution >= 0.6 is 0 Å². The van der Waals surface area contributed by atoms with Crippen molar-refractivity contribution in [1.29, 1.82) is 0 Å². The molecule has 7 heteroatoms. The molecule has 7 nitrogen and oxygen atoms in total. The van der Waals surface area contributed by atoms with Crippen LogP contribution in [0.5, 0.6) is 0 Å². The fourth-order valence-electron chi connectivity index (χ4n) is 3.89. The van der Waals surface area contributed by atoms with Crippen molar-refractivity contribution in [1.82, 2.24) is 19.6 Å². The minimum atomic E-state index is -0.425. The number of benzene rings is 1. The molecule has 1 fully saturated rings. The molecule has 0 bridgehead atoms. The molecule has 0 radical (unpaired) electrons. The molecule has 2 unspecified atom stereocenters. The Bertz CT molecular complexity index is 1080. The van der Waals surface area contributed by atoms with E-state index in [0.29, 0.717) is 12.2 Å². The number of ether oxygens (including phenoxy) is 1. The summed E-state index contributed by atoms with van der Waals surface area (Å²) in [6.45, 7) is 7.29. The number of pyridine rings is 1. The molecule has 3 aromatic rings. The van der Waals surface area contributed by atoms with Gasteiger partial charge in [0.1, 0.15) is 11.2 Å². The quantitative estimate of drug-likeness (QED) is 0.703. The van der Waals surface area contributed by atoms with Gasteiger partial charge < -0.3 is 10.1 Å². The minimum Gasteiger partial charge on any atom is -0.373 e. The van der Waals surface area contributed by atoms with Crippen molar-refractivity contribution in [3.8, 4) is 0 Å². The van der Waals surface area contributed by atoms with Crippen LogP contribution in [0, 0.1) is 0 Å². The molecule has 1 saturated heterocycles. The standard InChI is InChI=1S/C23H26N4O3/c1-16-13-26(14-17(2)30-16)15-19-8-6-18(7-9-19)11-25-22(28)20-12-24-21-5-3-4-10-27(21)23(20)29/h3-10,12,16-17H,11,13-15H2,1-2H3,(H,25,28). The summed E-state index contributed by atoms with van der Waals surface area (Å²) in [6, 6.07) is 13.4. The van der Waals surface area contributed by atoms with Crippen molar-refractivity contribution < 1.29 is 9.53 Å². The fraction of sp³-hybridized carbons (Fsp3) is 0.348. The summed E-state index contributed by atoms with van der Waals surface area (Å²) in [5.41, 5.74) is 2.38. The fourth-order valence-corrected chi connectivity index (χ4v) is 3.89. The summed E-state index contributed by atoms with van der Waals surface area (Å²) >= 11 is 0. The smallest absolute Gasteiger partial charge is 0.270 e. The molecular weight excluding hydrogens is 380 g/mol. The Morgan fingerprint density at radius 2 is 1.80 bits per heavy atom. The third-order valence-electron chi connectivity index (χ3n) is 5.24. The van der Waals surface area contributed by atoms with Gasteiger partial charge in [-0.2, -0.15) is 0 Å². The molecule has 2 aromatic heterocycles. The Balaban J connectivity index is 1.37. The van der Waals surface area contributed by atoms with Gasteiger partial charge in [-0.3, -0.25) is 18.9 Å². The Morgan fingerprint density at radius 1 is 1.10 bits per heavy atom. The van der Waals surface area contributed by atoms with Crippen molar-refractivity contribution in [3.63, 3.8) is 0 Å². The first kappa shape index (κ1) is 20.3. The van der Waals surface area contributed by atoms with Gasteiger partial charge >= 0.3 is 0 Å². The van der Waals surface area contributed by atoms with Gasteiger partial charge in [0.15, 0.2) is 0 Å². The Hall–Kier alpha value is -3.03. The first-order valence-electron chi connectivity index (χ1n) is 10.2. The van der Waals surface area contributed by atoms with E-state index >= 15 is 0 Å². The highest BCUT2D eigenvalue weighted by Crippen LogP contribution is 2.15. The number of hydrogen-bond acceptors (Lipinski definition) is 5. The summed E-state index contributed by atoms with van der Waals surface area (Å²) in [6.07, 6.45) is 3.44. The highest BCUT2D eigenvalue weighted by atomic mass is 16.5. The maximum Gasteiger partial charge on any atom is 0.270 e. The van der Waals surface area contributed by atoms with Gasteiger partial charge in [0.05, 0.1) is 12.2 Å². The third-order valence-corrected chi connectivity index (χ3v) is 5.24. The van der Waals surface area contributed by atoms with Crippen LogP contribution in [0.4, 0.5) is 0 Å². The highest BCUT2D eigenvalue weighted by Gasteiger charge is 2.22. The summed E-state index contributed by atoms with van der Waals surface area (Å²) in [5, 5.41) is 2.81. The van der Waals surface area contributed by atoms with Crippen LogP contribution in [0.2, 0.25) is 0 Å². The Kier molecular flexibility index (Phi) is 5.92. The van der Waals surface area contributed by atoms with E-state index in [4.69, 9.17) is 4.74 Å². The number of fused-ring (bicyclic) bond motifs is 1. The van der Waals surface area contributed by atoms with Gasteiger partial charge in [-0.1, -0.05) is 30.3 Å². The number of nitrogens with zero attached hydrogens (tertiary/aromatic N) is 3. The van der Waals surface area contributed by atoms with Crippen molar-refractivity contribution in [2.24, 2.45) is 0 Å². The van der Waals surface area contributed by atoms with E-state index in [-0.39, 0.29) is 23.3 Å². The van der Waals surface area contributed by atoms with Gasteiger partial charge in [0, 0.05) is 38.6 Å². The van der Waals surface area contributed by atoms with Crippen LogP contribution < -0.4 is 10.9 Å². The zero-order valence-electron chi connectivity index (χ0n) is 17.2. The zero-order valence-corrected chi connectivity index (χ0v) is 17.2. The van der Waals surface area contributed by atoms with Crippen LogP contribution in [0.1, 0.15) is 35.3 Å². The largest absolute Gasteiger partial charge is 0.373 e. The predicted molar refractivity (Wildman–Crippen MR) is 114 cm³/mol. The summed E-state index contributed by atoms with van der Waals surface area (Å²) in [5.74, 6) is -0.425. The second-order valence-electron chi connectivity index (χ2n) is 7.86. The molecule has 1 aliphatic heterocycles. The van der Waals surface area contributed by atoms with Gasteiger partial charge in [0.2, 0.25) is 0 Å². The highest BCUT2D eigenvalue weighted by molar-refractivity contribution is 5.93. The molecule has 3 heterocycles. The lowest BCUT2D eigenvalue weighted by molar-refractivity contribution is -0.0704. The number of carbonyl (C=O) groups is 1. The van der Waals surface area contributed by atoms with Crippen LogP contribution in [-0.4, -0.2) is 45.5 Å². The number of carbonyl (C=O) groups excluding carboxylic acids is 1. The molecule has 156 valence electrons. The van der Waals surface area contributed by atoms with Crippen LogP contribution in [-0.2, 0) is 17.8 Å². The maximum absolute atomic E-state index is 12.5. The molecule has 30 heavy (non-hydrogen) atoms. The number of rotatable bonds is 5. The molecule has 1 amide bonds. The Labute approximate surface area is 175 Å². The van der Waals surface area contributed by atoms with Crippen molar-refractivity contribution in [3.05, 3.63) is 81.9 Å². The maximum atomic E-state index is 12.5. The number of aromatic nitrogens is 2. The number of hydrogen-bond donors (Lipinski definition) is 1. The molecule has 1 aromatic carbocycles.